The van der Waals surface area contributed by atoms with Crippen molar-refractivity contribution in [3.05, 3.63) is 23.4 Å². The van der Waals surface area contributed by atoms with E-state index in [4.69, 9.17) is 5.73 Å². The molecule has 0 aliphatic heterocycles. The summed E-state index contributed by atoms with van der Waals surface area (Å²) in [7, 11) is 0. The van der Waals surface area contributed by atoms with Crippen LogP contribution < -0.4 is 5.73 Å². The molecule has 1 aromatic heterocycles. The molecule has 0 saturated heterocycles. The summed E-state index contributed by atoms with van der Waals surface area (Å²) < 4.78 is 24.5. The average molecular weight is 186 g/mol. The fourth-order valence-corrected chi connectivity index (χ4v) is 1.13. The van der Waals surface area contributed by atoms with Crippen molar-refractivity contribution in [1.29, 1.82) is 0 Å². The highest BCUT2D eigenvalue weighted by molar-refractivity contribution is 5.41. The Hall–Kier alpha value is -1.19. The molecule has 0 unspecified atom stereocenters. The minimum absolute atomic E-state index is 0.0577. The Balaban J connectivity index is 2.97. The number of nitrogens with two attached hydrogens (primary N) is 1. The zero-order valence-corrected chi connectivity index (χ0v) is 7.43. The number of halogens is 2. The Morgan fingerprint density at radius 1 is 1.54 bits per heavy atom. The van der Waals surface area contributed by atoms with Gasteiger partial charge in [-0.1, -0.05) is 13.3 Å². The number of alkyl halides is 2. The van der Waals surface area contributed by atoms with Crippen molar-refractivity contribution >= 4 is 5.82 Å². The molecule has 0 aliphatic rings. The zero-order chi connectivity index (χ0) is 9.84. The average Bonchev–Trinajstić information content (AvgIpc) is 2.08. The van der Waals surface area contributed by atoms with Gasteiger partial charge in [-0.25, -0.2) is 13.8 Å². The fraction of sp³-hybridized carbons (Fsp3) is 0.444. The predicted molar refractivity (Wildman–Crippen MR) is 47.6 cm³/mol. The zero-order valence-electron chi connectivity index (χ0n) is 7.43. The van der Waals surface area contributed by atoms with E-state index in [1.165, 1.54) is 6.07 Å². The summed E-state index contributed by atoms with van der Waals surface area (Å²) in [5.74, 6) is 0.353. The summed E-state index contributed by atoms with van der Waals surface area (Å²) in [5, 5.41) is 0. The van der Waals surface area contributed by atoms with Gasteiger partial charge in [-0.15, -0.1) is 0 Å². The second kappa shape index (κ2) is 4.16. The van der Waals surface area contributed by atoms with Crippen LogP contribution in [0.3, 0.4) is 0 Å². The first-order valence-electron chi connectivity index (χ1n) is 4.17. The highest BCUT2D eigenvalue weighted by Gasteiger charge is 2.09. The van der Waals surface area contributed by atoms with Crippen LogP contribution in [0.15, 0.2) is 12.3 Å². The SMILES string of the molecule is CCCc1cc(C(F)F)cnc1N. The molecule has 0 amide bonds. The first-order chi connectivity index (χ1) is 6.15. The first kappa shape index (κ1) is 9.89. The standard InChI is InChI=1S/C9H12F2N2/c1-2-3-6-4-7(8(10)11)5-13-9(6)12/h4-5,8H,2-3H2,1H3,(H2,12,13). The molecule has 0 bridgehead atoms. The van der Waals surface area contributed by atoms with Gasteiger partial charge < -0.3 is 5.73 Å². The van der Waals surface area contributed by atoms with Crippen LogP contribution in [-0.2, 0) is 6.42 Å². The number of hydrogen-bond donors (Lipinski definition) is 1. The molecule has 1 rings (SSSR count). The third-order valence-electron chi connectivity index (χ3n) is 1.79. The molecular formula is C9H12F2N2. The van der Waals surface area contributed by atoms with E-state index in [1.807, 2.05) is 6.92 Å². The van der Waals surface area contributed by atoms with E-state index in [0.29, 0.717) is 17.8 Å². The number of aromatic nitrogens is 1. The largest absolute Gasteiger partial charge is 0.383 e. The Morgan fingerprint density at radius 3 is 2.77 bits per heavy atom. The molecule has 0 fully saturated rings. The van der Waals surface area contributed by atoms with Gasteiger partial charge in [-0.05, 0) is 18.1 Å². The van der Waals surface area contributed by atoms with E-state index in [1.54, 1.807) is 0 Å². The van der Waals surface area contributed by atoms with Gasteiger partial charge in [-0.2, -0.15) is 0 Å². The quantitative estimate of drug-likeness (QED) is 0.787. The minimum atomic E-state index is -2.47. The molecule has 2 nitrogen and oxygen atoms in total. The first-order valence-corrected chi connectivity index (χ1v) is 4.17. The molecule has 1 heterocycles. The number of pyridine rings is 1. The summed E-state index contributed by atoms with van der Waals surface area (Å²) in [6, 6.07) is 1.43. The van der Waals surface area contributed by atoms with Crippen LogP contribution in [-0.4, -0.2) is 4.98 Å². The van der Waals surface area contributed by atoms with Crippen LogP contribution in [0.2, 0.25) is 0 Å². The van der Waals surface area contributed by atoms with Gasteiger partial charge in [-0.3, -0.25) is 0 Å². The van der Waals surface area contributed by atoms with Crippen molar-refractivity contribution in [2.45, 2.75) is 26.2 Å². The Bertz CT molecular complexity index is 287. The number of rotatable bonds is 3. The van der Waals surface area contributed by atoms with Gasteiger partial charge in [0.05, 0.1) is 0 Å². The van der Waals surface area contributed by atoms with E-state index in [-0.39, 0.29) is 5.56 Å². The molecule has 0 aromatic carbocycles. The summed E-state index contributed by atoms with van der Waals surface area (Å²) in [6.45, 7) is 1.97. The highest BCUT2D eigenvalue weighted by atomic mass is 19.3. The van der Waals surface area contributed by atoms with Crippen molar-refractivity contribution in [3.63, 3.8) is 0 Å². The molecule has 2 N–H and O–H groups in total. The van der Waals surface area contributed by atoms with Crippen LogP contribution in [0.1, 0.15) is 30.9 Å². The van der Waals surface area contributed by atoms with Gasteiger partial charge in [0.15, 0.2) is 0 Å². The van der Waals surface area contributed by atoms with Gasteiger partial charge in [0.25, 0.3) is 6.43 Å². The number of anilines is 1. The van der Waals surface area contributed by atoms with Crippen molar-refractivity contribution in [2.24, 2.45) is 0 Å². The summed E-state index contributed by atoms with van der Waals surface area (Å²) in [6.07, 6.45) is 0.223. The van der Waals surface area contributed by atoms with Crippen molar-refractivity contribution in [2.75, 3.05) is 5.73 Å². The lowest BCUT2D eigenvalue weighted by atomic mass is 10.1. The molecule has 13 heavy (non-hydrogen) atoms. The summed E-state index contributed by atoms with van der Waals surface area (Å²) in [5.41, 5.74) is 6.17. The molecule has 0 radical (unpaired) electrons. The number of nitrogen functional groups attached to an aromatic ring is 1. The third kappa shape index (κ3) is 2.37. The van der Waals surface area contributed by atoms with Gasteiger partial charge in [0, 0.05) is 11.8 Å². The van der Waals surface area contributed by atoms with Crippen LogP contribution in [0.4, 0.5) is 14.6 Å². The second-order valence-corrected chi connectivity index (χ2v) is 2.86. The van der Waals surface area contributed by atoms with E-state index >= 15 is 0 Å². The van der Waals surface area contributed by atoms with Crippen molar-refractivity contribution < 1.29 is 8.78 Å². The molecule has 4 heteroatoms. The smallest absolute Gasteiger partial charge is 0.265 e. The van der Waals surface area contributed by atoms with Gasteiger partial charge in [0.1, 0.15) is 5.82 Å². The normalized spacial score (nSPS) is 10.8. The second-order valence-electron chi connectivity index (χ2n) is 2.86. The predicted octanol–water partition coefficient (Wildman–Crippen LogP) is 2.55. The van der Waals surface area contributed by atoms with Crippen LogP contribution in [0, 0.1) is 0 Å². The van der Waals surface area contributed by atoms with Gasteiger partial charge in [0.2, 0.25) is 0 Å². The summed E-state index contributed by atoms with van der Waals surface area (Å²) in [4.78, 5) is 3.72. The van der Waals surface area contributed by atoms with E-state index in [2.05, 4.69) is 4.98 Å². The lowest BCUT2D eigenvalue weighted by Crippen LogP contribution is -1.99. The lowest BCUT2D eigenvalue weighted by Gasteiger charge is -2.05. The maximum Gasteiger partial charge on any atom is 0.265 e. The lowest BCUT2D eigenvalue weighted by molar-refractivity contribution is 0.151. The number of aryl methyl sites for hydroxylation is 1. The van der Waals surface area contributed by atoms with Crippen LogP contribution in [0.5, 0.6) is 0 Å². The van der Waals surface area contributed by atoms with E-state index in [9.17, 15) is 8.78 Å². The Labute approximate surface area is 75.8 Å². The maximum absolute atomic E-state index is 12.2. The molecule has 0 saturated carbocycles. The summed E-state index contributed by atoms with van der Waals surface area (Å²) >= 11 is 0. The van der Waals surface area contributed by atoms with Crippen molar-refractivity contribution in [3.8, 4) is 0 Å². The van der Waals surface area contributed by atoms with E-state index < -0.39 is 6.43 Å². The molecule has 0 aliphatic carbocycles. The fourth-order valence-electron chi connectivity index (χ4n) is 1.13. The molecule has 0 spiro atoms. The third-order valence-corrected chi connectivity index (χ3v) is 1.79. The molecular weight excluding hydrogens is 174 g/mol. The minimum Gasteiger partial charge on any atom is -0.383 e. The molecule has 0 atom stereocenters. The number of nitrogens with zero attached hydrogens (tertiary/aromatic N) is 1. The Morgan fingerprint density at radius 2 is 2.23 bits per heavy atom. The molecule has 72 valence electrons. The van der Waals surface area contributed by atoms with Crippen LogP contribution in [0.25, 0.3) is 0 Å². The molecule has 1 aromatic rings. The van der Waals surface area contributed by atoms with E-state index in [0.717, 1.165) is 12.6 Å². The van der Waals surface area contributed by atoms with Crippen LogP contribution >= 0.6 is 0 Å². The monoisotopic (exact) mass is 186 g/mol. The topological polar surface area (TPSA) is 38.9 Å². The number of hydrogen-bond acceptors (Lipinski definition) is 2. The Kier molecular flexibility index (Phi) is 3.17. The van der Waals surface area contributed by atoms with Crippen molar-refractivity contribution in [1.82, 2.24) is 4.98 Å². The highest BCUT2D eigenvalue weighted by Crippen LogP contribution is 2.21. The van der Waals surface area contributed by atoms with Gasteiger partial charge >= 0.3 is 0 Å². The maximum atomic E-state index is 12.2.